The average Bonchev–Trinajstić information content (AvgIpc) is 3.24. The van der Waals surface area contributed by atoms with Crippen LogP contribution in [0, 0.1) is 0 Å². The monoisotopic (exact) mass is 365 g/mol. The Labute approximate surface area is 155 Å². The van der Waals surface area contributed by atoms with Crippen LogP contribution in [0.2, 0.25) is 0 Å². The summed E-state index contributed by atoms with van der Waals surface area (Å²) in [6, 6.07) is 16.1. The number of thiol groups is 1. The molecule has 4 nitrogen and oxygen atoms in total. The lowest BCUT2D eigenvalue weighted by molar-refractivity contribution is 0.0515. The van der Waals surface area contributed by atoms with Crippen LogP contribution in [-0.2, 0) is 4.84 Å². The third-order valence-corrected chi connectivity index (χ3v) is 5.76. The first-order valence-electron chi connectivity index (χ1n) is 8.30. The number of nitrogens with zero attached hydrogens (tertiary/aromatic N) is 1. The molecule has 5 heteroatoms. The average molecular weight is 365 g/mol. The fourth-order valence-corrected chi connectivity index (χ4v) is 3.95. The van der Waals surface area contributed by atoms with Crippen molar-refractivity contribution in [3.8, 4) is 0 Å². The summed E-state index contributed by atoms with van der Waals surface area (Å²) in [5.41, 5.74) is 1.14. The molecule has 0 fully saturated rings. The van der Waals surface area contributed by atoms with Crippen molar-refractivity contribution in [2.45, 2.75) is 18.2 Å². The summed E-state index contributed by atoms with van der Waals surface area (Å²) < 4.78 is 0. The molecule has 0 bridgehead atoms. The van der Waals surface area contributed by atoms with Gasteiger partial charge in [0.1, 0.15) is 5.71 Å². The first-order valence-corrected chi connectivity index (χ1v) is 9.78. The van der Waals surface area contributed by atoms with Crippen molar-refractivity contribution < 1.29 is 14.4 Å². The van der Waals surface area contributed by atoms with Crippen molar-refractivity contribution in [2.24, 2.45) is 5.16 Å². The summed E-state index contributed by atoms with van der Waals surface area (Å²) in [7, 11) is -0.404. The summed E-state index contributed by atoms with van der Waals surface area (Å²) >= 11 is 0. The van der Waals surface area contributed by atoms with Crippen LogP contribution in [0.15, 0.2) is 87.6 Å². The van der Waals surface area contributed by atoms with Gasteiger partial charge in [0.2, 0.25) is 5.78 Å². The number of ketones is 1. The van der Waals surface area contributed by atoms with E-state index in [4.69, 9.17) is 4.84 Å². The fourth-order valence-electron chi connectivity index (χ4n) is 2.45. The van der Waals surface area contributed by atoms with Gasteiger partial charge in [-0.2, -0.15) is 10.9 Å². The molecular weight excluding hydrogens is 346 g/mol. The van der Waals surface area contributed by atoms with Crippen molar-refractivity contribution in [2.75, 3.05) is 0 Å². The number of hydrogen-bond acceptors (Lipinski definition) is 4. The predicted octanol–water partition coefficient (Wildman–Crippen LogP) is 4.89. The number of benzene rings is 2. The zero-order chi connectivity index (χ0) is 18.4. The van der Waals surface area contributed by atoms with E-state index in [1.807, 2.05) is 30.4 Å². The van der Waals surface area contributed by atoms with Gasteiger partial charge in [-0.05, 0) is 58.5 Å². The second kappa shape index (κ2) is 8.45. The summed E-state index contributed by atoms with van der Waals surface area (Å²) in [4.78, 5) is 30.7. The van der Waals surface area contributed by atoms with Gasteiger partial charge in [0.05, 0.1) is 5.56 Å². The minimum absolute atomic E-state index is 0.216. The third kappa shape index (κ3) is 4.18. The lowest BCUT2D eigenvalue weighted by Gasteiger charge is -2.11. The second-order valence-corrected chi connectivity index (χ2v) is 7.53. The largest absolute Gasteiger partial charge is 0.365 e. The predicted molar refractivity (Wildman–Crippen MR) is 106 cm³/mol. The van der Waals surface area contributed by atoms with Gasteiger partial charge in [0.15, 0.2) is 0 Å². The number of hydrogen-bond donors (Lipinski definition) is 1. The lowest BCUT2D eigenvalue weighted by Crippen LogP contribution is -2.15. The molecule has 0 N–H and O–H groups in total. The van der Waals surface area contributed by atoms with Crippen molar-refractivity contribution >= 4 is 28.4 Å². The van der Waals surface area contributed by atoms with E-state index >= 15 is 0 Å². The normalized spacial score (nSPS) is 14.5. The number of allylic oxidation sites excluding steroid dienone is 2. The van der Waals surface area contributed by atoms with Crippen molar-refractivity contribution in [3.05, 3.63) is 88.7 Å². The molecule has 2 aromatic rings. The number of Topliss-reactive ketones (excluding diaryl/α,β-unsaturated/α-hetero) is 1. The molecule has 1 aliphatic heterocycles. The van der Waals surface area contributed by atoms with Gasteiger partial charge in [0, 0.05) is 5.56 Å². The van der Waals surface area contributed by atoms with Crippen molar-refractivity contribution in [1.82, 2.24) is 0 Å². The van der Waals surface area contributed by atoms with Gasteiger partial charge < -0.3 is 4.84 Å². The Morgan fingerprint density at radius 1 is 0.923 bits per heavy atom. The van der Waals surface area contributed by atoms with Crippen LogP contribution in [0.4, 0.5) is 0 Å². The maximum Gasteiger partial charge on any atom is 0.365 e. The maximum absolute atomic E-state index is 12.6. The number of oxime groups is 1. The Kier molecular flexibility index (Phi) is 5.81. The van der Waals surface area contributed by atoms with E-state index in [1.165, 1.54) is 4.90 Å². The molecule has 0 unspecified atom stereocenters. The quantitative estimate of drug-likeness (QED) is 0.261. The number of carbonyl (C=O) groups is 2. The molecule has 0 spiro atoms. The van der Waals surface area contributed by atoms with Crippen LogP contribution in [0.1, 0.15) is 34.1 Å². The molecule has 0 atom stereocenters. The van der Waals surface area contributed by atoms with Crippen LogP contribution < -0.4 is 0 Å². The number of rotatable bonds is 6. The molecule has 132 valence electrons. The molecule has 0 radical (unpaired) electrons. The Hall–Kier alpha value is -2.92. The van der Waals surface area contributed by atoms with Crippen molar-refractivity contribution in [3.63, 3.8) is 0 Å². The van der Waals surface area contributed by atoms with Crippen LogP contribution in [-0.4, -0.2) is 17.5 Å². The van der Waals surface area contributed by atoms with E-state index in [-0.39, 0.29) is 11.5 Å². The zero-order valence-electron chi connectivity index (χ0n) is 14.3. The molecular formula is C21H19NO3S. The topological polar surface area (TPSA) is 55.7 Å². The second-order valence-electron chi connectivity index (χ2n) is 5.60. The maximum atomic E-state index is 12.6. The molecule has 1 heterocycles. The van der Waals surface area contributed by atoms with E-state index in [0.717, 1.165) is 0 Å². The van der Waals surface area contributed by atoms with Gasteiger partial charge in [-0.25, -0.2) is 4.79 Å². The standard InChI is InChI=1S/C21H19NO3S/c1-2-19(22-25-21(24)17-8-4-3-5-9-17)20(23)16-10-12-18(13-11-16)26-14-6-7-15-26/h3-15,26H,2H2,1H3. The first-order chi connectivity index (χ1) is 12.7. The van der Waals surface area contributed by atoms with Gasteiger partial charge in [-0.3, -0.25) is 4.79 Å². The molecule has 0 aliphatic carbocycles. The Balaban J connectivity index is 1.71. The Bertz CT molecular complexity index is 871. The Morgan fingerprint density at radius 2 is 1.58 bits per heavy atom. The molecule has 26 heavy (non-hydrogen) atoms. The van der Waals surface area contributed by atoms with Gasteiger partial charge >= 0.3 is 5.97 Å². The summed E-state index contributed by atoms with van der Waals surface area (Å²) in [6.45, 7) is 1.80. The lowest BCUT2D eigenvalue weighted by atomic mass is 10.1. The first kappa shape index (κ1) is 17.9. The van der Waals surface area contributed by atoms with E-state index < -0.39 is 16.9 Å². The summed E-state index contributed by atoms with van der Waals surface area (Å²) in [5.74, 6) is -0.812. The highest BCUT2D eigenvalue weighted by Gasteiger charge is 2.15. The molecule has 3 rings (SSSR count). The van der Waals surface area contributed by atoms with Gasteiger partial charge in [-0.1, -0.05) is 42.4 Å². The highest BCUT2D eigenvalue weighted by Crippen LogP contribution is 2.41. The van der Waals surface area contributed by atoms with E-state index in [9.17, 15) is 9.59 Å². The molecule has 0 saturated carbocycles. The summed E-state index contributed by atoms with van der Waals surface area (Å²) in [5, 5.41) is 8.12. The fraction of sp³-hybridized carbons (Fsp3) is 0.0952. The molecule has 0 saturated heterocycles. The molecule has 0 aromatic heterocycles. The van der Waals surface area contributed by atoms with Gasteiger partial charge in [-0.15, -0.1) is 0 Å². The zero-order valence-corrected chi connectivity index (χ0v) is 15.2. The van der Waals surface area contributed by atoms with E-state index in [0.29, 0.717) is 17.5 Å². The van der Waals surface area contributed by atoms with E-state index in [1.54, 1.807) is 43.3 Å². The molecule has 0 amide bonds. The highest BCUT2D eigenvalue weighted by molar-refractivity contribution is 8.22. The smallest absolute Gasteiger partial charge is 0.312 e. The van der Waals surface area contributed by atoms with Crippen LogP contribution in [0.5, 0.6) is 0 Å². The molecule has 1 aliphatic rings. The van der Waals surface area contributed by atoms with E-state index in [2.05, 4.69) is 16.0 Å². The van der Waals surface area contributed by atoms with Crippen LogP contribution in [0.3, 0.4) is 0 Å². The van der Waals surface area contributed by atoms with Gasteiger partial charge in [0.25, 0.3) is 0 Å². The SMILES string of the molecule is CCC(=NOC(=O)c1ccccc1)C(=O)c1ccc([SH]2C=CC=C2)cc1. The highest BCUT2D eigenvalue weighted by atomic mass is 32.2. The summed E-state index contributed by atoms with van der Waals surface area (Å²) in [6.07, 6.45) is 4.45. The minimum atomic E-state index is -0.581. The molecule has 2 aromatic carbocycles. The van der Waals surface area contributed by atoms with Crippen LogP contribution >= 0.6 is 10.9 Å². The Morgan fingerprint density at radius 3 is 2.19 bits per heavy atom. The third-order valence-electron chi connectivity index (χ3n) is 3.88. The number of carbonyl (C=O) groups excluding carboxylic acids is 2. The minimum Gasteiger partial charge on any atom is -0.312 e. The van der Waals surface area contributed by atoms with Crippen LogP contribution in [0.25, 0.3) is 0 Å². The van der Waals surface area contributed by atoms with Crippen molar-refractivity contribution in [1.29, 1.82) is 0 Å².